The highest BCUT2D eigenvalue weighted by Crippen LogP contribution is 2.21. The molecular weight excluding hydrogens is 180 g/mol. The summed E-state index contributed by atoms with van der Waals surface area (Å²) in [7, 11) is 1.69. The normalized spacial score (nSPS) is 20.9. The van der Waals surface area contributed by atoms with Gasteiger partial charge in [-0.15, -0.1) is 10.2 Å². The Bertz CT molecular complexity index is 310. The Kier molecular flexibility index (Phi) is 2.79. The van der Waals surface area contributed by atoms with E-state index in [0.29, 0.717) is 6.61 Å². The lowest BCUT2D eigenvalue weighted by molar-refractivity contribution is 0.198. The van der Waals surface area contributed by atoms with Crippen molar-refractivity contribution in [2.45, 2.75) is 31.8 Å². The molecule has 0 spiro atoms. The van der Waals surface area contributed by atoms with Crippen LogP contribution in [-0.2, 0) is 17.6 Å². The number of methoxy groups -OCH3 is 1. The van der Waals surface area contributed by atoms with Gasteiger partial charge in [0.2, 0.25) is 0 Å². The Hall–Kier alpha value is -0.940. The highest BCUT2D eigenvalue weighted by Gasteiger charge is 2.21. The van der Waals surface area contributed by atoms with Crippen LogP contribution in [0.3, 0.4) is 0 Å². The molecule has 1 aliphatic heterocycles. The van der Waals surface area contributed by atoms with Gasteiger partial charge in [0.1, 0.15) is 11.6 Å². The Morgan fingerprint density at radius 2 is 2.43 bits per heavy atom. The van der Waals surface area contributed by atoms with Gasteiger partial charge in [-0.3, -0.25) is 4.57 Å². The predicted octanol–water partition coefficient (Wildman–Crippen LogP) is 0.261. The zero-order valence-electron chi connectivity index (χ0n) is 8.44. The summed E-state index contributed by atoms with van der Waals surface area (Å²) in [5.41, 5.74) is 6.01. The van der Waals surface area contributed by atoms with E-state index in [2.05, 4.69) is 14.8 Å². The molecule has 2 N–H and O–H groups in total. The molecule has 0 saturated carbocycles. The van der Waals surface area contributed by atoms with Crippen LogP contribution < -0.4 is 5.73 Å². The minimum Gasteiger partial charge on any atom is -0.384 e. The van der Waals surface area contributed by atoms with Crippen LogP contribution in [0, 0.1) is 0 Å². The SMILES string of the molecule is COCCc1nnc2n1C(N)CCC2. The van der Waals surface area contributed by atoms with Gasteiger partial charge in [-0.25, -0.2) is 0 Å². The average molecular weight is 196 g/mol. The molecule has 0 aromatic carbocycles. The van der Waals surface area contributed by atoms with Crippen molar-refractivity contribution in [3.63, 3.8) is 0 Å². The first kappa shape index (κ1) is 9.61. The van der Waals surface area contributed by atoms with Gasteiger partial charge in [0.05, 0.1) is 12.8 Å². The van der Waals surface area contributed by atoms with E-state index < -0.39 is 0 Å². The van der Waals surface area contributed by atoms with E-state index >= 15 is 0 Å². The molecule has 14 heavy (non-hydrogen) atoms. The van der Waals surface area contributed by atoms with E-state index in [9.17, 15) is 0 Å². The van der Waals surface area contributed by atoms with E-state index in [-0.39, 0.29) is 6.17 Å². The monoisotopic (exact) mass is 196 g/mol. The predicted molar refractivity (Wildman–Crippen MR) is 51.8 cm³/mol. The Labute approximate surface area is 83.3 Å². The van der Waals surface area contributed by atoms with Crippen LogP contribution >= 0.6 is 0 Å². The second kappa shape index (κ2) is 4.06. The molecule has 0 aliphatic carbocycles. The summed E-state index contributed by atoms with van der Waals surface area (Å²) in [6.07, 6.45) is 3.97. The average Bonchev–Trinajstić information content (AvgIpc) is 2.59. The van der Waals surface area contributed by atoms with Gasteiger partial charge >= 0.3 is 0 Å². The number of hydrogen-bond acceptors (Lipinski definition) is 4. The molecule has 1 aromatic heterocycles. The molecule has 1 atom stereocenters. The zero-order valence-corrected chi connectivity index (χ0v) is 8.44. The quantitative estimate of drug-likeness (QED) is 0.753. The number of fused-ring (bicyclic) bond motifs is 1. The van der Waals surface area contributed by atoms with Gasteiger partial charge in [-0.1, -0.05) is 0 Å². The highest BCUT2D eigenvalue weighted by molar-refractivity contribution is 5.01. The lowest BCUT2D eigenvalue weighted by atomic mass is 10.1. The summed E-state index contributed by atoms with van der Waals surface area (Å²) >= 11 is 0. The molecule has 0 bridgehead atoms. The van der Waals surface area contributed by atoms with Gasteiger partial charge in [-0.2, -0.15) is 0 Å². The molecule has 5 nitrogen and oxygen atoms in total. The minimum atomic E-state index is 0.0561. The third-order valence-corrected chi connectivity index (χ3v) is 2.60. The number of aryl methyl sites for hydroxylation is 1. The molecule has 1 unspecified atom stereocenters. The summed E-state index contributed by atoms with van der Waals surface area (Å²) in [6.45, 7) is 0.671. The molecule has 78 valence electrons. The van der Waals surface area contributed by atoms with Crippen LogP contribution in [0.5, 0.6) is 0 Å². The fraction of sp³-hybridized carbons (Fsp3) is 0.778. The second-order valence-corrected chi connectivity index (χ2v) is 3.60. The first-order valence-corrected chi connectivity index (χ1v) is 5.00. The van der Waals surface area contributed by atoms with Gasteiger partial charge in [0.15, 0.2) is 0 Å². The summed E-state index contributed by atoms with van der Waals surface area (Å²) in [6, 6.07) is 0. The molecule has 2 rings (SSSR count). The fourth-order valence-corrected chi connectivity index (χ4v) is 1.88. The van der Waals surface area contributed by atoms with Crippen molar-refractivity contribution < 1.29 is 4.74 Å². The van der Waals surface area contributed by atoms with Crippen molar-refractivity contribution in [1.82, 2.24) is 14.8 Å². The standard InChI is InChI=1S/C9H16N4O/c1-14-6-5-9-12-11-8-4-2-3-7(10)13(8)9/h7H,2-6,10H2,1H3. The van der Waals surface area contributed by atoms with Crippen LogP contribution in [0.2, 0.25) is 0 Å². The molecular formula is C9H16N4O. The summed E-state index contributed by atoms with van der Waals surface area (Å²) in [5.74, 6) is 1.98. The molecule has 0 saturated heterocycles. The Morgan fingerprint density at radius 1 is 1.57 bits per heavy atom. The molecule has 5 heteroatoms. The van der Waals surface area contributed by atoms with E-state index in [1.165, 1.54) is 0 Å². The molecule has 1 aliphatic rings. The van der Waals surface area contributed by atoms with E-state index in [0.717, 1.165) is 37.3 Å². The van der Waals surface area contributed by atoms with Crippen molar-refractivity contribution in [3.8, 4) is 0 Å². The molecule has 1 aromatic rings. The van der Waals surface area contributed by atoms with Crippen LogP contribution in [0.4, 0.5) is 0 Å². The van der Waals surface area contributed by atoms with Crippen LogP contribution in [0.25, 0.3) is 0 Å². The molecule has 2 heterocycles. The smallest absolute Gasteiger partial charge is 0.136 e. The molecule has 0 fully saturated rings. The minimum absolute atomic E-state index is 0.0561. The van der Waals surface area contributed by atoms with Gasteiger partial charge in [-0.05, 0) is 12.8 Å². The summed E-state index contributed by atoms with van der Waals surface area (Å²) < 4.78 is 7.08. The van der Waals surface area contributed by atoms with Crippen molar-refractivity contribution >= 4 is 0 Å². The fourth-order valence-electron chi connectivity index (χ4n) is 1.88. The maximum absolute atomic E-state index is 6.01. The maximum atomic E-state index is 6.01. The number of nitrogens with two attached hydrogens (primary N) is 1. The first-order valence-electron chi connectivity index (χ1n) is 5.00. The zero-order chi connectivity index (χ0) is 9.97. The molecule has 0 amide bonds. The van der Waals surface area contributed by atoms with Crippen molar-refractivity contribution in [2.24, 2.45) is 5.73 Å². The number of ether oxygens (including phenoxy) is 1. The van der Waals surface area contributed by atoms with Crippen LogP contribution in [0.15, 0.2) is 0 Å². The number of aromatic nitrogens is 3. The lowest BCUT2D eigenvalue weighted by Crippen LogP contribution is -2.26. The van der Waals surface area contributed by atoms with E-state index in [4.69, 9.17) is 10.5 Å². The van der Waals surface area contributed by atoms with Crippen molar-refractivity contribution in [2.75, 3.05) is 13.7 Å². The van der Waals surface area contributed by atoms with Crippen LogP contribution in [0.1, 0.15) is 30.7 Å². The number of nitrogens with zero attached hydrogens (tertiary/aromatic N) is 3. The van der Waals surface area contributed by atoms with Crippen molar-refractivity contribution in [1.29, 1.82) is 0 Å². The van der Waals surface area contributed by atoms with E-state index in [1.54, 1.807) is 7.11 Å². The van der Waals surface area contributed by atoms with E-state index in [1.807, 2.05) is 0 Å². The van der Waals surface area contributed by atoms with Crippen LogP contribution in [-0.4, -0.2) is 28.5 Å². The number of hydrogen-bond donors (Lipinski definition) is 1. The summed E-state index contributed by atoms with van der Waals surface area (Å²) in [5, 5.41) is 8.28. The van der Waals surface area contributed by atoms with Crippen molar-refractivity contribution in [3.05, 3.63) is 11.6 Å². The number of rotatable bonds is 3. The summed E-state index contributed by atoms with van der Waals surface area (Å²) in [4.78, 5) is 0. The van der Waals surface area contributed by atoms with Gasteiger partial charge in [0, 0.05) is 20.0 Å². The first-order chi connectivity index (χ1) is 6.83. The van der Waals surface area contributed by atoms with Gasteiger partial charge < -0.3 is 10.5 Å². The topological polar surface area (TPSA) is 66.0 Å². The van der Waals surface area contributed by atoms with Gasteiger partial charge in [0.25, 0.3) is 0 Å². The maximum Gasteiger partial charge on any atom is 0.136 e. The molecule has 0 radical (unpaired) electrons. The Balaban J connectivity index is 2.20. The third kappa shape index (κ3) is 1.65. The second-order valence-electron chi connectivity index (χ2n) is 3.60. The Morgan fingerprint density at radius 3 is 3.21 bits per heavy atom. The third-order valence-electron chi connectivity index (χ3n) is 2.60. The lowest BCUT2D eigenvalue weighted by Gasteiger charge is -2.22. The largest absolute Gasteiger partial charge is 0.384 e. The highest BCUT2D eigenvalue weighted by atomic mass is 16.5.